The Morgan fingerprint density at radius 2 is 2.07 bits per heavy atom. The van der Waals surface area contributed by atoms with Gasteiger partial charge in [0.1, 0.15) is 12.4 Å². The Morgan fingerprint density at radius 3 is 2.86 bits per heavy atom. The van der Waals surface area contributed by atoms with E-state index in [1.807, 2.05) is 31.2 Å². The van der Waals surface area contributed by atoms with Crippen LogP contribution in [0.15, 0.2) is 36.4 Å². The van der Waals surface area contributed by atoms with Crippen LogP contribution < -0.4 is 9.64 Å². The number of rotatable bonds is 4. The van der Waals surface area contributed by atoms with Crippen LogP contribution in [0.2, 0.25) is 5.02 Å². The minimum Gasteiger partial charge on any atom is -0.467 e. The summed E-state index contributed by atoms with van der Waals surface area (Å²) in [7, 11) is 0. The minimum atomic E-state index is -0.493. The summed E-state index contributed by atoms with van der Waals surface area (Å²) >= 11 is 6.14. The summed E-state index contributed by atoms with van der Waals surface area (Å²) in [5.74, 6) is -0.324. The van der Waals surface area contributed by atoms with Crippen molar-refractivity contribution in [2.24, 2.45) is 5.92 Å². The van der Waals surface area contributed by atoms with Crippen LogP contribution in [0.3, 0.4) is 0 Å². The molecule has 4 rings (SSSR count). The van der Waals surface area contributed by atoms with Crippen LogP contribution in [0, 0.1) is 12.8 Å². The molecule has 0 radical (unpaired) electrons. The maximum atomic E-state index is 12.5. The van der Waals surface area contributed by atoms with Crippen molar-refractivity contribution in [1.82, 2.24) is 0 Å². The van der Waals surface area contributed by atoms with Crippen molar-refractivity contribution in [3.8, 4) is 5.75 Å². The Hall–Kier alpha value is -2.57. The normalized spacial score (nSPS) is 18.6. The zero-order valence-corrected chi connectivity index (χ0v) is 16.2. The van der Waals surface area contributed by atoms with Gasteiger partial charge in [-0.3, -0.25) is 9.59 Å². The molecule has 0 aliphatic carbocycles. The maximum absolute atomic E-state index is 12.5. The predicted octanol–water partition coefficient (Wildman–Crippen LogP) is 3.61. The Kier molecular flexibility index (Phi) is 5.24. The van der Waals surface area contributed by atoms with E-state index in [1.54, 1.807) is 17.0 Å². The van der Waals surface area contributed by atoms with Crippen molar-refractivity contribution in [3.63, 3.8) is 0 Å². The van der Waals surface area contributed by atoms with Crippen molar-refractivity contribution in [1.29, 1.82) is 0 Å². The summed E-state index contributed by atoms with van der Waals surface area (Å²) in [5, 5.41) is 0.528. The van der Waals surface area contributed by atoms with E-state index in [0.717, 1.165) is 16.8 Å². The second-order valence-corrected chi connectivity index (χ2v) is 7.45. The van der Waals surface area contributed by atoms with Crippen molar-refractivity contribution in [2.75, 3.05) is 18.2 Å². The van der Waals surface area contributed by atoms with Gasteiger partial charge in [-0.05, 0) is 31.2 Å². The highest BCUT2D eigenvalue weighted by atomic mass is 35.5. The summed E-state index contributed by atoms with van der Waals surface area (Å²) in [6.45, 7) is 2.90. The number of aryl methyl sites for hydroxylation is 1. The zero-order valence-electron chi connectivity index (χ0n) is 15.4. The Balaban J connectivity index is 1.42. The number of nitrogens with zero attached hydrogens (tertiary/aromatic N) is 1. The van der Waals surface area contributed by atoms with Crippen molar-refractivity contribution < 1.29 is 23.8 Å². The number of esters is 1. The molecule has 2 aliphatic heterocycles. The molecule has 1 fully saturated rings. The lowest BCUT2D eigenvalue weighted by Gasteiger charge is -2.21. The SMILES string of the molecule is Cc1ccc(N2C[C@@H](C(=O)OCc3cc(Cl)cc4c3OCOC4)CC2=O)cc1. The molecule has 0 spiro atoms. The fourth-order valence-electron chi connectivity index (χ4n) is 3.47. The average molecular weight is 402 g/mol. The van der Waals surface area contributed by atoms with Crippen LogP contribution in [-0.2, 0) is 32.3 Å². The number of amides is 1. The number of benzene rings is 2. The summed E-state index contributed by atoms with van der Waals surface area (Å²) in [4.78, 5) is 26.5. The van der Waals surface area contributed by atoms with Gasteiger partial charge in [0, 0.05) is 34.8 Å². The first-order valence-electron chi connectivity index (χ1n) is 9.07. The van der Waals surface area contributed by atoms with E-state index >= 15 is 0 Å². The van der Waals surface area contributed by atoms with Gasteiger partial charge >= 0.3 is 5.97 Å². The molecule has 1 atom stereocenters. The van der Waals surface area contributed by atoms with Crippen LogP contribution in [0.1, 0.15) is 23.1 Å². The molecular formula is C21H20ClNO5. The van der Waals surface area contributed by atoms with Gasteiger partial charge in [-0.25, -0.2) is 0 Å². The fourth-order valence-corrected chi connectivity index (χ4v) is 3.73. The van der Waals surface area contributed by atoms with Gasteiger partial charge in [0.15, 0.2) is 6.79 Å². The molecule has 1 saturated heterocycles. The van der Waals surface area contributed by atoms with Crippen LogP contribution in [0.25, 0.3) is 0 Å². The van der Waals surface area contributed by atoms with Gasteiger partial charge in [-0.2, -0.15) is 0 Å². The van der Waals surface area contributed by atoms with E-state index in [2.05, 4.69) is 0 Å². The maximum Gasteiger partial charge on any atom is 0.311 e. The number of hydrogen-bond acceptors (Lipinski definition) is 5. The average Bonchev–Trinajstić information content (AvgIpc) is 3.08. The first kappa shape index (κ1) is 18.8. The molecule has 0 bridgehead atoms. The van der Waals surface area contributed by atoms with E-state index in [9.17, 15) is 9.59 Å². The van der Waals surface area contributed by atoms with E-state index in [1.165, 1.54) is 0 Å². The Bertz CT molecular complexity index is 912. The lowest BCUT2D eigenvalue weighted by molar-refractivity contribution is -0.149. The lowest BCUT2D eigenvalue weighted by Crippen LogP contribution is -2.26. The van der Waals surface area contributed by atoms with Gasteiger partial charge in [0.25, 0.3) is 0 Å². The highest BCUT2D eigenvalue weighted by Gasteiger charge is 2.36. The standard InChI is InChI=1S/C21H20ClNO5/c1-13-2-4-18(5-3-13)23-9-14(8-19(23)24)21(25)27-11-16-7-17(22)6-15-10-26-12-28-20(15)16/h2-7,14H,8-12H2,1H3/t14-/m0/s1. The molecule has 28 heavy (non-hydrogen) atoms. The lowest BCUT2D eigenvalue weighted by atomic mass is 10.1. The smallest absolute Gasteiger partial charge is 0.311 e. The third-order valence-electron chi connectivity index (χ3n) is 4.93. The second-order valence-electron chi connectivity index (χ2n) is 7.01. The van der Waals surface area contributed by atoms with Gasteiger partial charge in [0.2, 0.25) is 5.91 Å². The monoisotopic (exact) mass is 401 g/mol. The third-order valence-corrected chi connectivity index (χ3v) is 5.14. The summed E-state index contributed by atoms with van der Waals surface area (Å²) in [5.41, 5.74) is 3.43. The molecule has 2 aliphatic rings. The molecule has 146 valence electrons. The predicted molar refractivity (Wildman–Crippen MR) is 103 cm³/mol. The molecule has 0 N–H and O–H groups in total. The number of hydrogen-bond donors (Lipinski definition) is 0. The molecule has 0 aromatic heterocycles. The number of halogens is 1. The third kappa shape index (κ3) is 3.84. The summed E-state index contributed by atoms with van der Waals surface area (Å²) < 4.78 is 16.3. The molecule has 6 nitrogen and oxygen atoms in total. The molecular weight excluding hydrogens is 382 g/mol. The first-order chi connectivity index (χ1) is 13.5. The summed E-state index contributed by atoms with van der Waals surface area (Å²) in [6, 6.07) is 11.2. The molecule has 2 heterocycles. The number of ether oxygens (including phenoxy) is 3. The topological polar surface area (TPSA) is 65.1 Å². The Morgan fingerprint density at radius 1 is 1.29 bits per heavy atom. The number of carbonyl (C=O) groups is 2. The fraction of sp³-hybridized carbons (Fsp3) is 0.333. The van der Waals surface area contributed by atoms with Crippen molar-refractivity contribution >= 4 is 29.2 Å². The van der Waals surface area contributed by atoms with E-state index in [-0.39, 0.29) is 25.7 Å². The van der Waals surface area contributed by atoms with Crippen LogP contribution in [-0.4, -0.2) is 25.2 Å². The number of carbonyl (C=O) groups excluding carboxylic acids is 2. The van der Waals surface area contributed by atoms with Gasteiger partial charge in [0.05, 0.1) is 12.5 Å². The number of fused-ring (bicyclic) bond motifs is 1. The van der Waals surface area contributed by atoms with Gasteiger partial charge in [-0.1, -0.05) is 29.3 Å². The van der Waals surface area contributed by atoms with E-state index < -0.39 is 11.9 Å². The van der Waals surface area contributed by atoms with E-state index in [4.69, 9.17) is 25.8 Å². The molecule has 0 unspecified atom stereocenters. The second kappa shape index (κ2) is 7.81. The Labute approximate surface area is 167 Å². The quantitative estimate of drug-likeness (QED) is 0.732. The highest BCUT2D eigenvalue weighted by Crippen LogP contribution is 2.33. The van der Waals surface area contributed by atoms with Crippen molar-refractivity contribution in [2.45, 2.75) is 26.6 Å². The van der Waals surface area contributed by atoms with Crippen molar-refractivity contribution in [3.05, 3.63) is 58.1 Å². The zero-order chi connectivity index (χ0) is 19.7. The molecule has 1 amide bonds. The van der Waals surface area contributed by atoms with Gasteiger partial charge in [-0.15, -0.1) is 0 Å². The first-order valence-corrected chi connectivity index (χ1v) is 9.44. The van der Waals surface area contributed by atoms with Crippen LogP contribution in [0.5, 0.6) is 5.75 Å². The van der Waals surface area contributed by atoms with E-state index in [0.29, 0.717) is 29.5 Å². The summed E-state index contributed by atoms with van der Waals surface area (Å²) in [6.07, 6.45) is 0.144. The molecule has 0 saturated carbocycles. The molecule has 2 aromatic carbocycles. The minimum absolute atomic E-state index is 0.0386. The van der Waals surface area contributed by atoms with Crippen LogP contribution in [0.4, 0.5) is 5.69 Å². The largest absolute Gasteiger partial charge is 0.467 e. The molecule has 7 heteroatoms. The highest BCUT2D eigenvalue weighted by molar-refractivity contribution is 6.30. The van der Waals surface area contributed by atoms with Crippen LogP contribution >= 0.6 is 11.6 Å². The molecule has 2 aromatic rings. The number of anilines is 1. The van der Waals surface area contributed by atoms with Gasteiger partial charge < -0.3 is 19.1 Å².